The van der Waals surface area contributed by atoms with Crippen LogP contribution in [0.25, 0.3) is 0 Å². The molecule has 1 aliphatic carbocycles. The van der Waals surface area contributed by atoms with Crippen LogP contribution in [0.15, 0.2) is 0 Å². The molecular weight excluding hydrogens is 228 g/mol. The normalized spacial score (nSPS) is 19.5. The molecule has 1 fully saturated rings. The van der Waals surface area contributed by atoms with Crippen LogP contribution in [0.1, 0.15) is 51.9 Å². The summed E-state index contributed by atoms with van der Waals surface area (Å²) in [6.45, 7) is 2.15. The van der Waals surface area contributed by atoms with E-state index in [0.717, 1.165) is 25.7 Å². The Kier molecular flexibility index (Phi) is 9.92. The number of halogens is 1. The summed E-state index contributed by atoms with van der Waals surface area (Å²) in [5.41, 5.74) is -0.504. The molecule has 0 amide bonds. The monoisotopic (exact) mass is 244 g/mol. The molecule has 0 bridgehead atoms. The van der Waals surface area contributed by atoms with Gasteiger partial charge in [-0.3, -0.25) is 0 Å². The van der Waals surface area contributed by atoms with E-state index in [9.17, 15) is 5.11 Å². The predicted molar refractivity (Wildman–Crippen MR) is 46.5 cm³/mol. The largest absolute Gasteiger partial charge is 2.00 e. The fraction of sp³-hybridized carbons (Fsp3) is 1.00. The van der Waals surface area contributed by atoms with Crippen molar-refractivity contribution in [2.45, 2.75) is 57.5 Å². The van der Waals surface area contributed by atoms with E-state index in [1.54, 1.807) is 0 Å². The van der Waals surface area contributed by atoms with Gasteiger partial charge in [-0.2, -0.15) is 0 Å². The molecule has 0 saturated heterocycles. The Balaban J connectivity index is 0. The third kappa shape index (κ3) is 5.05. The number of unbranched alkanes of at least 4 members (excludes halogenated alkanes) is 1. The minimum atomic E-state index is -0.504. The van der Waals surface area contributed by atoms with E-state index in [2.05, 4.69) is 6.92 Å². The first-order valence-electron chi connectivity index (χ1n) is 4.47. The van der Waals surface area contributed by atoms with Gasteiger partial charge in [0.25, 0.3) is 0 Å². The second kappa shape index (κ2) is 7.60. The van der Waals surface area contributed by atoms with Gasteiger partial charge in [-0.1, -0.05) is 51.9 Å². The van der Waals surface area contributed by atoms with E-state index in [4.69, 9.17) is 0 Å². The van der Waals surface area contributed by atoms with E-state index in [1.807, 2.05) is 0 Å². The molecule has 3 heteroatoms. The van der Waals surface area contributed by atoms with Crippen molar-refractivity contribution in [3.8, 4) is 0 Å². The SMILES string of the molecule is CCCCC1([O-])CCCC1.[Br-].[Mg+2]. The topological polar surface area (TPSA) is 23.1 Å². The van der Waals surface area contributed by atoms with Crippen molar-refractivity contribution in [1.82, 2.24) is 0 Å². The van der Waals surface area contributed by atoms with Crippen LogP contribution >= 0.6 is 0 Å². The Hall–Kier alpha value is 1.21. The Labute approximate surface area is 102 Å². The summed E-state index contributed by atoms with van der Waals surface area (Å²) >= 11 is 0. The van der Waals surface area contributed by atoms with Gasteiger partial charge in [-0.05, 0) is 0 Å². The molecular formula is C9H17BrMgO. The maximum absolute atomic E-state index is 11.7. The number of hydrogen-bond acceptors (Lipinski definition) is 1. The molecule has 1 nitrogen and oxygen atoms in total. The zero-order valence-corrected chi connectivity index (χ0v) is 10.9. The van der Waals surface area contributed by atoms with Crippen LogP contribution in [0.4, 0.5) is 0 Å². The molecule has 0 unspecified atom stereocenters. The van der Waals surface area contributed by atoms with Crippen molar-refractivity contribution in [1.29, 1.82) is 0 Å². The van der Waals surface area contributed by atoms with E-state index < -0.39 is 5.60 Å². The number of rotatable bonds is 3. The van der Waals surface area contributed by atoms with Crippen LogP contribution in [0.3, 0.4) is 0 Å². The molecule has 0 heterocycles. The van der Waals surface area contributed by atoms with Gasteiger partial charge in [0, 0.05) is 0 Å². The quantitative estimate of drug-likeness (QED) is 0.554. The Morgan fingerprint density at radius 3 is 2.17 bits per heavy atom. The maximum Gasteiger partial charge on any atom is 2.00 e. The average Bonchev–Trinajstić information content (AvgIpc) is 2.33. The summed E-state index contributed by atoms with van der Waals surface area (Å²) in [5.74, 6) is 0. The van der Waals surface area contributed by atoms with Gasteiger partial charge in [0.2, 0.25) is 0 Å². The van der Waals surface area contributed by atoms with Crippen LogP contribution in [0, 0.1) is 0 Å². The molecule has 1 saturated carbocycles. The Bertz CT molecular complexity index is 103. The average molecular weight is 245 g/mol. The summed E-state index contributed by atoms with van der Waals surface area (Å²) < 4.78 is 0. The summed E-state index contributed by atoms with van der Waals surface area (Å²) in [6, 6.07) is 0. The summed E-state index contributed by atoms with van der Waals surface area (Å²) in [5, 5.41) is 11.7. The molecule has 68 valence electrons. The second-order valence-electron chi connectivity index (χ2n) is 3.49. The zero-order chi connectivity index (χ0) is 7.45. The van der Waals surface area contributed by atoms with E-state index in [1.165, 1.54) is 19.3 Å². The van der Waals surface area contributed by atoms with Gasteiger partial charge >= 0.3 is 23.1 Å². The molecule has 12 heavy (non-hydrogen) atoms. The van der Waals surface area contributed by atoms with E-state index in [-0.39, 0.29) is 40.0 Å². The third-order valence-electron chi connectivity index (χ3n) is 2.50. The van der Waals surface area contributed by atoms with Crippen molar-refractivity contribution < 1.29 is 22.1 Å². The fourth-order valence-electron chi connectivity index (χ4n) is 1.77. The summed E-state index contributed by atoms with van der Waals surface area (Å²) in [6.07, 6.45) is 7.44. The molecule has 1 rings (SSSR count). The number of hydrogen-bond donors (Lipinski definition) is 0. The molecule has 0 atom stereocenters. The Morgan fingerprint density at radius 1 is 1.25 bits per heavy atom. The van der Waals surface area contributed by atoms with Crippen molar-refractivity contribution in [2.24, 2.45) is 0 Å². The zero-order valence-electron chi connectivity index (χ0n) is 7.94. The van der Waals surface area contributed by atoms with Crippen LogP contribution in [0.2, 0.25) is 0 Å². The smallest absolute Gasteiger partial charge is 1.00 e. The molecule has 0 spiro atoms. The summed E-state index contributed by atoms with van der Waals surface area (Å²) in [4.78, 5) is 0. The minimum Gasteiger partial charge on any atom is -1.00 e. The molecule has 0 N–H and O–H groups in total. The molecule has 0 aromatic carbocycles. The third-order valence-corrected chi connectivity index (χ3v) is 2.50. The molecule has 0 aromatic rings. The van der Waals surface area contributed by atoms with Crippen molar-refractivity contribution in [3.05, 3.63) is 0 Å². The molecule has 1 aliphatic rings. The fourth-order valence-corrected chi connectivity index (χ4v) is 1.77. The Morgan fingerprint density at radius 2 is 1.75 bits per heavy atom. The molecule has 0 aromatic heterocycles. The first-order valence-corrected chi connectivity index (χ1v) is 4.47. The molecule has 0 radical (unpaired) electrons. The second-order valence-corrected chi connectivity index (χ2v) is 3.49. The van der Waals surface area contributed by atoms with Crippen LogP contribution in [0.5, 0.6) is 0 Å². The van der Waals surface area contributed by atoms with Gasteiger partial charge in [0.05, 0.1) is 0 Å². The van der Waals surface area contributed by atoms with Gasteiger partial charge in [-0.25, -0.2) is 0 Å². The van der Waals surface area contributed by atoms with Gasteiger partial charge < -0.3 is 22.1 Å². The van der Waals surface area contributed by atoms with Crippen molar-refractivity contribution >= 4 is 23.1 Å². The minimum absolute atomic E-state index is 0. The van der Waals surface area contributed by atoms with Crippen LogP contribution in [-0.2, 0) is 0 Å². The van der Waals surface area contributed by atoms with Gasteiger partial charge in [0.1, 0.15) is 0 Å². The molecule has 0 aliphatic heterocycles. The standard InChI is InChI=1S/C9H17O.BrH.Mg/c1-2-3-6-9(10)7-4-5-8-9;;/h2-8H2,1H3;1H;/q-1;;+2/p-1. The van der Waals surface area contributed by atoms with E-state index >= 15 is 0 Å². The van der Waals surface area contributed by atoms with Crippen molar-refractivity contribution in [3.63, 3.8) is 0 Å². The van der Waals surface area contributed by atoms with Crippen LogP contribution < -0.4 is 22.1 Å². The van der Waals surface area contributed by atoms with Crippen molar-refractivity contribution in [2.75, 3.05) is 0 Å². The first-order chi connectivity index (χ1) is 4.77. The maximum atomic E-state index is 11.7. The van der Waals surface area contributed by atoms with E-state index in [0.29, 0.717) is 0 Å². The first kappa shape index (κ1) is 15.7. The predicted octanol–water partition coefficient (Wildman–Crippen LogP) is -1.53. The summed E-state index contributed by atoms with van der Waals surface area (Å²) in [7, 11) is 0. The van der Waals surface area contributed by atoms with Gasteiger partial charge in [-0.15, -0.1) is 5.60 Å². The van der Waals surface area contributed by atoms with Gasteiger partial charge in [0.15, 0.2) is 0 Å². The van der Waals surface area contributed by atoms with Crippen LogP contribution in [-0.4, -0.2) is 28.7 Å².